The topological polar surface area (TPSA) is 119 Å². The van der Waals surface area contributed by atoms with Crippen LogP contribution in [0.1, 0.15) is 95.1 Å². The van der Waals surface area contributed by atoms with E-state index in [0.29, 0.717) is 48.7 Å². The van der Waals surface area contributed by atoms with Crippen molar-refractivity contribution in [3.8, 4) is 0 Å². The van der Waals surface area contributed by atoms with Gasteiger partial charge in [-0.1, -0.05) is 51.8 Å². The molecule has 3 rings (SSSR count). The highest BCUT2D eigenvalue weighted by molar-refractivity contribution is 6.00. The average Bonchev–Trinajstić information content (AvgIpc) is 3.04. The van der Waals surface area contributed by atoms with Crippen LogP contribution in [0.3, 0.4) is 0 Å². The maximum absolute atomic E-state index is 14.2. The normalized spacial score (nSPS) is 13.7. The van der Waals surface area contributed by atoms with Crippen molar-refractivity contribution < 1.29 is 33.4 Å². The summed E-state index contributed by atoms with van der Waals surface area (Å²) < 4.78 is 28.3. The zero-order valence-electron chi connectivity index (χ0n) is 27.6. The Hall–Kier alpha value is -4.15. The van der Waals surface area contributed by atoms with Crippen LogP contribution >= 0.6 is 0 Å². The first-order valence-corrected chi connectivity index (χ1v) is 16.4. The molecule has 0 heterocycles. The van der Waals surface area contributed by atoms with Gasteiger partial charge in [0.1, 0.15) is 23.8 Å². The van der Waals surface area contributed by atoms with Crippen LogP contribution in [0, 0.1) is 18.6 Å². The number of rotatable bonds is 17. The molecule has 10 heteroatoms. The summed E-state index contributed by atoms with van der Waals surface area (Å²) in [6.45, 7) is 8.81. The fourth-order valence-electron chi connectivity index (χ4n) is 5.64. The summed E-state index contributed by atoms with van der Waals surface area (Å²) in [6, 6.07) is 14.0. The fourth-order valence-corrected chi connectivity index (χ4v) is 5.64. The zero-order chi connectivity index (χ0) is 34.5. The summed E-state index contributed by atoms with van der Waals surface area (Å²) in [5.41, 5.74) is 1.67. The van der Waals surface area contributed by atoms with Crippen molar-refractivity contribution in [2.24, 2.45) is 0 Å². The van der Waals surface area contributed by atoms with E-state index in [1.54, 1.807) is 54.3 Å². The number of aryl methyl sites for hydroxylation is 1. The molecule has 0 unspecified atom stereocenters. The van der Waals surface area contributed by atoms with Gasteiger partial charge in [0.15, 0.2) is 0 Å². The number of nitrogens with one attached hydrogen (secondary N) is 2. The Labute approximate surface area is 276 Å². The highest BCUT2D eigenvalue weighted by Gasteiger charge is 2.34. The Bertz CT molecular complexity index is 1460. The lowest BCUT2D eigenvalue weighted by atomic mass is 9.91. The van der Waals surface area contributed by atoms with Crippen LogP contribution in [0.25, 0.3) is 0 Å². The Morgan fingerprint density at radius 2 is 1.28 bits per heavy atom. The lowest BCUT2D eigenvalue weighted by Crippen LogP contribution is -2.56. The quantitative estimate of drug-likeness (QED) is 0.152. The van der Waals surface area contributed by atoms with E-state index < -0.39 is 47.7 Å². The second-order valence-electron chi connectivity index (χ2n) is 12.0. The molecule has 0 aliphatic heterocycles. The summed E-state index contributed by atoms with van der Waals surface area (Å²) >= 11 is 0. The molecule has 0 saturated carbocycles. The van der Waals surface area contributed by atoms with Gasteiger partial charge in [0.05, 0.1) is 12.1 Å². The Morgan fingerprint density at radius 1 is 0.723 bits per heavy atom. The van der Waals surface area contributed by atoms with Crippen LogP contribution in [0.4, 0.5) is 8.78 Å². The minimum absolute atomic E-state index is 0.146. The highest BCUT2D eigenvalue weighted by atomic mass is 19.1. The van der Waals surface area contributed by atoms with E-state index in [-0.39, 0.29) is 23.5 Å². The van der Waals surface area contributed by atoms with Gasteiger partial charge < -0.3 is 25.7 Å². The Morgan fingerprint density at radius 3 is 1.87 bits per heavy atom. The Kier molecular flexibility index (Phi) is 14.5. The average molecular weight is 652 g/mol. The smallest absolute Gasteiger partial charge is 0.253 e. The van der Waals surface area contributed by atoms with Gasteiger partial charge in [-0.15, -0.1) is 0 Å². The van der Waals surface area contributed by atoms with Crippen LogP contribution < -0.4 is 10.6 Å². The Balaban J connectivity index is 1.94. The largest absolute Gasteiger partial charge is 0.388 e. The summed E-state index contributed by atoms with van der Waals surface area (Å²) in [5, 5.41) is 28.5. The molecule has 4 atom stereocenters. The van der Waals surface area contributed by atoms with E-state index in [2.05, 4.69) is 10.6 Å². The molecule has 0 fully saturated rings. The number of hydrogen-bond donors (Lipinski definition) is 4. The first-order chi connectivity index (χ1) is 22.5. The number of amides is 3. The second kappa shape index (κ2) is 18.3. The predicted octanol–water partition coefficient (Wildman–Crippen LogP) is 5.59. The molecule has 0 spiro atoms. The van der Waals surface area contributed by atoms with Crippen LogP contribution in [0.5, 0.6) is 0 Å². The molecular formula is C37H47F2N3O5. The minimum Gasteiger partial charge on any atom is -0.388 e. The van der Waals surface area contributed by atoms with Crippen LogP contribution in [0.15, 0.2) is 66.7 Å². The molecule has 8 nitrogen and oxygen atoms in total. The number of aliphatic hydroxyl groups excluding tert-OH is 2. The zero-order valence-corrected chi connectivity index (χ0v) is 27.6. The van der Waals surface area contributed by atoms with Crippen molar-refractivity contribution in [3.05, 3.63) is 106 Å². The number of benzene rings is 3. The first kappa shape index (κ1) is 37.3. The number of unbranched alkanes of at least 4 members (excludes halogenated alkanes) is 1. The standard InChI is InChI=1S/C37H47F2N3O5/c1-5-8-14-31(40-35(45)26-12-10-9-11-13-26)33(43)34(44)32(21-25-19-29(38)23-30(39)20-25)41-36(46)27-17-24(4)18-28(22-27)37(47)42(15-6-2)16-7-3/h9-13,17-20,22-23,31-34,43-44H,5-8,14-16,21H2,1-4H3,(H,40,45)(H,41,46)/t31-,32+,33-,34-/m1/s1. The number of aliphatic hydroxyl groups is 2. The highest BCUT2D eigenvalue weighted by Crippen LogP contribution is 2.19. The first-order valence-electron chi connectivity index (χ1n) is 16.4. The third kappa shape index (κ3) is 11.0. The van der Waals surface area contributed by atoms with Crippen molar-refractivity contribution in [2.45, 2.75) is 90.5 Å². The van der Waals surface area contributed by atoms with Crippen molar-refractivity contribution in [1.29, 1.82) is 0 Å². The molecule has 47 heavy (non-hydrogen) atoms. The second-order valence-corrected chi connectivity index (χ2v) is 12.0. The van der Waals surface area contributed by atoms with Crippen molar-refractivity contribution in [1.82, 2.24) is 15.5 Å². The number of hydrogen-bond acceptors (Lipinski definition) is 5. The summed E-state index contributed by atoms with van der Waals surface area (Å²) in [4.78, 5) is 41.8. The maximum Gasteiger partial charge on any atom is 0.253 e. The third-order valence-electron chi connectivity index (χ3n) is 7.95. The van der Waals surface area contributed by atoms with Gasteiger partial charge in [-0.3, -0.25) is 14.4 Å². The molecule has 0 aliphatic rings. The molecular weight excluding hydrogens is 604 g/mol. The van der Waals surface area contributed by atoms with E-state index in [0.717, 1.165) is 31.4 Å². The van der Waals surface area contributed by atoms with Gasteiger partial charge in [0.2, 0.25) is 0 Å². The molecule has 3 aromatic carbocycles. The van der Waals surface area contributed by atoms with Gasteiger partial charge in [0, 0.05) is 35.8 Å². The van der Waals surface area contributed by atoms with Crippen LogP contribution in [-0.4, -0.2) is 70.2 Å². The van der Waals surface area contributed by atoms with Crippen molar-refractivity contribution in [2.75, 3.05) is 13.1 Å². The van der Waals surface area contributed by atoms with E-state index in [1.807, 2.05) is 20.8 Å². The molecule has 0 aliphatic carbocycles. The number of nitrogens with zero attached hydrogens (tertiary/aromatic N) is 1. The predicted molar refractivity (Wildman–Crippen MR) is 178 cm³/mol. The lowest BCUT2D eigenvalue weighted by molar-refractivity contribution is -0.0237. The SMILES string of the molecule is CCCC[C@@H](NC(=O)c1ccccc1)[C@@H](O)[C@H](O)[C@H](Cc1cc(F)cc(F)c1)NC(=O)c1cc(C)cc(C(=O)N(CCC)CCC)c1. The fraction of sp³-hybridized carbons (Fsp3) is 0.432. The van der Waals surface area contributed by atoms with Crippen LogP contribution in [0.2, 0.25) is 0 Å². The van der Waals surface area contributed by atoms with Crippen LogP contribution in [-0.2, 0) is 6.42 Å². The van der Waals surface area contributed by atoms with E-state index >= 15 is 0 Å². The number of carbonyl (C=O) groups excluding carboxylic acids is 3. The molecule has 0 aromatic heterocycles. The van der Waals surface area contributed by atoms with E-state index in [9.17, 15) is 33.4 Å². The monoisotopic (exact) mass is 651 g/mol. The summed E-state index contributed by atoms with van der Waals surface area (Å²) in [7, 11) is 0. The molecule has 4 N–H and O–H groups in total. The number of carbonyl (C=O) groups is 3. The van der Waals surface area contributed by atoms with E-state index in [1.165, 1.54) is 6.07 Å². The van der Waals surface area contributed by atoms with Gasteiger partial charge in [-0.2, -0.15) is 0 Å². The molecule has 3 amide bonds. The molecule has 0 bridgehead atoms. The van der Waals surface area contributed by atoms with Gasteiger partial charge >= 0.3 is 0 Å². The van der Waals surface area contributed by atoms with Crippen molar-refractivity contribution >= 4 is 17.7 Å². The molecule has 0 saturated heterocycles. The molecule has 0 radical (unpaired) electrons. The van der Waals surface area contributed by atoms with Crippen molar-refractivity contribution in [3.63, 3.8) is 0 Å². The molecule has 254 valence electrons. The van der Waals surface area contributed by atoms with E-state index in [4.69, 9.17) is 0 Å². The van der Waals surface area contributed by atoms with Gasteiger partial charge in [-0.05, 0) is 86.2 Å². The minimum atomic E-state index is -1.65. The molecule has 3 aromatic rings. The summed E-state index contributed by atoms with van der Waals surface area (Å²) in [6.07, 6.45) is -0.170. The number of halogens is 2. The third-order valence-corrected chi connectivity index (χ3v) is 7.95. The maximum atomic E-state index is 14.2. The van der Waals surface area contributed by atoms with Gasteiger partial charge in [0.25, 0.3) is 17.7 Å². The summed E-state index contributed by atoms with van der Waals surface area (Å²) in [5.74, 6) is -2.96. The lowest BCUT2D eigenvalue weighted by Gasteiger charge is -2.33. The van der Waals surface area contributed by atoms with Gasteiger partial charge in [-0.25, -0.2) is 8.78 Å².